The maximum absolute atomic E-state index is 5.76. The summed E-state index contributed by atoms with van der Waals surface area (Å²) in [5.74, 6) is -0.340. The van der Waals surface area contributed by atoms with Crippen molar-refractivity contribution in [2.24, 2.45) is 0 Å². The molecule has 0 N–H and O–H groups in total. The van der Waals surface area contributed by atoms with Gasteiger partial charge in [0.2, 0.25) is 0 Å². The zero-order valence-corrected chi connectivity index (χ0v) is 13.1. The van der Waals surface area contributed by atoms with Gasteiger partial charge in [0.05, 0.1) is 25.4 Å². The molecular weight excluding hydrogens is 300 g/mol. The molecule has 0 bridgehead atoms. The van der Waals surface area contributed by atoms with Crippen LogP contribution >= 0.6 is 12.2 Å². The second-order valence-corrected chi connectivity index (χ2v) is 6.17. The summed E-state index contributed by atoms with van der Waals surface area (Å²) in [7, 11) is 0. The minimum Gasteiger partial charge on any atom is -0.347 e. The van der Waals surface area contributed by atoms with Gasteiger partial charge in [-0.25, -0.2) is 4.68 Å². The third kappa shape index (κ3) is 2.54. The highest BCUT2D eigenvalue weighted by Gasteiger charge is 2.39. The summed E-state index contributed by atoms with van der Waals surface area (Å²) >= 11 is 5.55. The third-order valence-corrected chi connectivity index (χ3v) is 4.83. The Bertz CT molecular complexity index is 732. The largest absolute Gasteiger partial charge is 0.347 e. The maximum atomic E-state index is 5.76. The summed E-state index contributed by atoms with van der Waals surface area (Å²) in [6.45, 7) is 3.90. The van der Waals surface area contributed by atoms with E-state index < -0.39 is 0 Å². The Balaban J connectivity index is 1.50. The molecule has 0 unspecified atom stereocenters. The molecule has 7 heteroatoms. The number of likely N-dealkylation sites (tertiary alicyclic amines) is 1. The molecule has 1 aromatic carbocycles. The smallest absolute Gasteiger partial charge is 0.170 e. The molecule has 0 saturated carbocycles. The van der Waals surface area contributed by atoms with E-state index in [4.69, 9.17) is 21.7 Å². The molecule has 0 atom stereocenters. The predicted molar refractivity (Wildman–Crippen MR) is 83.8 cm³/mol. The number of hydrogen-bond acceptors (Lipinski definition) is 6. The van der Waals surface area contributed by atoms with Gasteiger partial charge in [0.15, 0.2) is 5.79 Å². The molecule has 1 spiro atoms. The first-order valence-corrected chi connectivity index (χ1v) is 7.99. The average molecular weight is 318 g/mol. The predicted octanol–water partition coefficient (Wildman–Crippen LogP) is 1.96. The van der Waals surface area contributed by atoms with E-state index in [0.717, 1.165) is 41.5 Å². The van der Waals surface area contributed by atoms with Crippen molar-refractivity contribution >= 4 is 23.1 Å². The monoisotopic (exact) mass is 318 g/mol. The molecule has 0 amide bonds. The fourth-order valence-electron chi connectivity index (χ4n) is 3.13. The molecule has 0 aliphatic carbocycles. The highest BCUT2D eigenvalue weighted by Crippen LogP contribution is 2.31. The minimum atomic E-state index is -0.340. The van der Waals surface area contributed by atoms with Crippen LogP contribution in [0.2, 0.25) is 0 Å². The first kappa shape index (κ1) is 14.2. The van der Waals surface area contributed by atoms with E-state index in [0.29, 0.717) is 19.9 Å². The number of hydrogen-bond donors (Lipinski definition) is 0. The SMILES string of the molecule is S=c1c2ccccc2nnn1CN1CCC2(CC1)OCCO2. The fraction of sp³-hybridized carbons (Fsp3) is 0.533. The van der Waals surface area contributed by atoms with Crippen LogP contribution in [0.3, 0.4) is 0 Å². The minimum absolute atomic E-state index is 0.340. The van der Waals surface area contributed by atoms with Crippen molar-refractivity contribution in [1.29, 1.82) is 0 Å². The van der Waals surface area contributed by atoms with Gasteiger partial charge in [0, 0.05) is 31.3 Å². The zero-order valence-electron chi connectivity index (χ0n) is 12.3. The van der Waals surface area contributed by atoms with Crippen LogP contribution in [0.5, 0.6) is 0 Å². The Morgan fingerprint density at radius 2 is 1.86 bits per heavy atom. The van der Waals surface area contributed by atoms with E-state index in [9.17, 15) is 0 Å². The second-order valence-electron chi connectivity index (χ2n) is 5.78. The second kappa shape index (κ2) is 5.66. The van der Waals surface area contributed by atoms with E-state index in [-0.39, 0.29) is 5.79 Å². The Kier molecular flexibility index (Phi) is 3.65. The number of nitrogens with zero attached hydrogens (tertiary/aromatic N) is 4. The summed E-state index contributed by atoms with van der Waals surface area (Å²) in [5.41, 5.74) is 0.842. The van der Waals surface area contributed by atoms with Gasteiger partial charge in [-0.05, 0) is 12.1 Å². The van der Waals surface area contributed by atoms with Gasteiger partial charge in [-0.1, -0.05) is 29.6 Å². The Labute approximate surface area is 133 Å². The van der Waals surface area contributed by atoms with Gasteiger partial charge in [0.1, 0.15) is 4.64 Å². The Morgan fingerprint density at radius 3 is 2.64 bits per heavy atom. The highest BCUT2D eigenvalue weighted by atomic mass is 32.1. The number of piperidine rings is 1. The van der Waals surface area contributed by atoms with Crippen molar-refractivity contribution in [3.8, 4) is 0 Å². The molecule has 2 aliphatic rings. The number of benzene rings is 1. The highest BCUT2D eigenvalue weighted by molar-refractivity contribution is 7.71. The van der Waals surface area contributed by atoms with Crippen LogP contribution in [0.15, 0.2) is 24.3 Å². The average Bonchev–Trinajstić information content (AvgIpc) is 3.01. The summed E-state index contributed by atoms with van der Waals surface area (Å²) in [4.78, 5) is 2.32. The van der Waals surface area contributed by atoms with Crippen LogP contribution in [0.25, 0.3) is 10.9 Å². The topological polar surface area (TPSA) is 52.4 Å². The van der Waals surface area contributed by atoms with E-state index >= 15 is 0 Å². The van der Waals surface area contributed by atoms with Crippen molar-refractivity contribution < 1.29 is 9.47 Å². The number of ether oxygens (including phenoxy) is 2. The molecule has 3 heterocycles. The van der Waals surface area contributed by atoms with Crippen LogP contribution in [-0.4, -0.2) is 52.0 Å². The summed E-state index contributed by atoms with van der Waals surface area (Å²) in [6, 6.07) is 7.85. The molecule has 2 aromatic rings. The maximum Gasteiger partial charge on any atom is 0.170 e. The lowest BCUT2D eigenvalue weighted by Gasteiger charge is -2.37. The zero-order chi connectivity index (χ0) is 15.0. The molecule has 2 saturated heterocycles. The van der Waals surface area contributed by atoms with E-state index in [2.05, 4.69) is 15.2 Å². The molecule has 4 rings (SSSR count). The van der Waals surface area contributed by atoms with Gasteiger partial charge in [-0.3, -0.25) is 4.90 Å². The van der Waals surface area contributed by atoms with Gasteiger partial charge < -0.3 is 9.47 Å². The molecule has 6 nitrogen and oxygen atoms in total. The van der Waals surface area contributed by atoms with Crippen LogP contribution in [-0.2, 0) is 16.1 Å². The van der Waals surface area contributed by atoms with Crippen molar-refractivity contribution in [2.75, 3.05) is 26.3 Å². The first-order valence-electron chi connectivity index (χ1n) is 7.59. The lowest BCUT2D eigenvalue weighted by atomic mass is 10.0. The van der Waals surface area contributed by atoms with Gasteiger partial charge in [0.25, 0.3) is 0 Å². The van der Waals surface area contributed by atoms with Crippen LogP contribution in [0.1, 0.15) is 12.8 Å². The van der Waals surface area contributed by atoms with E-state index in [1.165, 1.54) is 0 Å². The lowest BCUT2D eigenvalue weighted by molar-refractivity contribution is -0.187. The lowest BCUT2D eigenvalue weighted by Crippen LogP contribution is -2.45. The van der Waals surface area contributed by atoms with E-state index in [1.54, 1.807) is 4.68 Å². The molecular formula is C15H18N4O2S. The standard InChI is InChI=1S/C15H18N4O2S/c22-14-12-3-1-2-4-13(12)16-17-19(14)11-18-7-5-15(6-8-18)20-9-10-21-15/h1-4H,5-11H2. The summed E-state index contributed by atoms with van der Waals surface area (Å²) in [6.07, 6.45) is 1.78. The van der Waals surface area contributed by atoms with E-state index in [1.807, 2.05) is 24.3 Å². The molecule has 1 aromatic heterocycles. The molecule has 0 radical (unpaired) electrons. The number of rotatable bonds is 2. The van der Waals surface area contributed by atoms with Gasteiger partial charge in [-0.15, -0.1) is 5.10 Å². The number of fused-ring (bicyclic) bond motifs is 1. The first-order chi connectivity index (χ1) is 10.8. The van der Waals surface area contributed by atoms with Crippen molar-refractivity contribution in [2.45, 2.75) is 25.3 Å². The molecule has 22 heavy (non-hydrogen) atoms. The Hall–Kier alpha value is -1.41. The Morgan fingerprint density at radius 1 is 1.14 bits per heavy atom. The van der Waals surface area contributed by atoms with Gasteiger partial charge >= 0.3 is 0 Å². The summed E-state index contributed by atoms with van der Waals surface area (Å²) in [5, 5.41) is 9.47. The van der Waals surface area contributed by atoms with Crippen molar-refractivity contribution in [3.05, 3.63) is 28.9 Å². The van der Waals surface area contributed by atoms with Crippen molar-refractivity contribution in [3.63, 3.8) is 0 Å². The molecule has 116 valence electrons. The third-order valence-electron chi connectivity index (χ3n) is 4.39. The van der Waals surface area contributed by atoms with Crippen molar-refractivity contribution in [1.82, 2.24) is 19.9 Å². The fourth-order valence-corrected chi connectivity index (χ4v) is 3.39. The quantitative estimate of drug-likeness (QED) is 0.789. The molecule has 2 fully saturated rings. The number of aromatic nitrogens is 3. The van der Waals surface area contributed by atoms with Crippen LogP contribution < -0.4 is 0 Å². The van der Waals surface area contributed by atoms with Crippen LogP contribution in [0, 0.1) is 4.64 Å². The van der Waals surface area contributed by atoms with Crippen LogP contribution in [0.4, 0.5) is 0 Å². The molecule has 2 aliphatic heterocycles. The summed E-state index contributed by atoms with van der Waals surface area (Å²) < 4.78 is 14.0. The van der Waals surface area contributed by atoms with Gasteiger partial charge in [-0.2, -0.15) is 0 Å². The normalized spacial score (nSPS) is 21.6.